The molecule has 0 saturated heterocycles. The first-order valence-corrected chi connectivity index (χ1v) is 10.0. The van der Waals surface area contributed by atoms with E-state index in [0.29, 0.717) is 5.56 Å². The van der Waals surface area contributed by atoms with Crippen LogP contribution in [0.4, 0.5) is 15.8 Å². The third kappa shape index (κ3) is 4.82. The van der Waals surface area contributed by atoms with Gasteiger partial charge in [-0.05, 0) is 42.0 Å². The molecule has 0 aliphatic carbocycles. The molecule has 3 aromatic carbocycles. The summed E-state index contributed by atoms with van der Waals surface area (Å²) < 4.78 is 38.2. The molecule has 0 bridgehead atoms. The molecule has 0 unspecified atom stereocenters. The van der Waals surface area contributed by atoms with E-state index in [4.69, 9.17) is 0 Å². The van der Waals surface area contributed by atoms with Gasteiger partial charge in [-0.25, -0.2) is 8.42 Å². The lowest BCUT2D eigenvalue weighted by atomic mass is 10.1. The van der Waals surface area contributed by atoms with Crippen LogP contribution in [0.3, 0.4) is 0 Å². The molecule has 9 heteroatoms. The third-order valence-electron chi connectivity index (χ3n) is 4.08. The Labute approximate surface area is 165 Å². The highest BCUT2D eigenvalue weighted by atomic mass is 32.2. The number of nitrogens with zero attached hydrogens (tertiary/aromatic N) is 1. The molecule has 1 amide bonds. The maximum atomic E-state index is 13.4. The van der Waals surface area contributed by atoms with Crippen LogP contribution in [0.2, 0.25) is 0 Å². The second-order valence-electron chi connectivity index (χ2n) is 6.15. The molecule has 0 aliphatic rings. The SMILES string of the molecule is O=C(Nc1ccc(F)c([N+](=O)[O-])c1)c1ccc(CS(=O)(=O)c2ccccc2)cc1. The maximum absolute atomic E-state index is 13.4. The van der Waals surface area contributed by atoms with Crippen molar-refractivity contribution in [1.82, 2.24) is 0 Å². The topological polar surface area (TPSA) is 106 Å². The van der Waals surface area contributed by atoms with Crippen LogP contribution in [0, 0.1) is 15.9 Å². The van der Waals surface area contributed by atoms with E-state index in [1.807, 2.05) is 0 Å². The van der Waals surface area contributed by atoms with Gasteiger partial charge in [-0.1, -0.05) is 30.3 Å². The average Bonchev–Trinajstić information content (AvgIpc) is 2.70. The lowest BCUT2D eigenvalue weighted by molar-refractivity contribution is -0.387. The molecule has 0 fully saturated rings. The van der Waals surface area contributed by atoms with Crippen molar-refractivity contribution in [2.75, 3.05) is 5.32 Å². The number of nitrogens with one attached hydrogen (secondary N) is 1. The van der Waals surface area contributed by atoms with E-state index in [1.165, 1.54) is 42.5 Å². The van der Waals surface area contributed by atoms with Crippen molar-refractivity contribution in [3.8, 4) is 0 Å². The molecule has 0 saturated carbocycles. The molecule has 148 valence electrons. The van der Waals surface area contributed by atoms with Gasteiger partial charge in [-0.3, -0.25) is 14.9 Å². The Morgan fingerprint density at radius 1 is 1.00 bits per heavy atom. The summed E-state index contributed by atoms with van der Waals surface area (Å²) in [5.41, 5.74) is 0.0451. The van der Waals surface area contributed by atoms with E-state index in [2.05, 4.69) is 5.32 Å². The van der Waals surface area contributed by atoms with Gasteiger partial charge < -0.3 is 5.32 Å². The van der Waals surface area contributed by atoms with Gasteiger partial charge in [-0.15, -0.1) is 0 Å². The van der Waals surface area contributed by atoms with E-state index in [0.717, 1.165) is 12.1 Å². The highest BCUT2D eigenvalue weighted by Gasteiger charge is 2.17. The van der Waals surface area contributed by atoms with Crippen molar-refractivity contribution < 1.29 is 22.5 Å². The van der Waals surface area contributed by atoms with Crippen LogP contribution in [0.1, 0.15) is 15.9 Å². The quantitative estimate of drug-likeness (QED) is 0.485. The van der Waals surface area contributed by atoms with Crippen molar-refractivity contribution >= 4 is 27.1 Å². The minimum Gasteiger partial charge on any atom is -0.322 e. The highest BCUT2D eigenvalue weighted by molar-refractivity contribution is 7.90. The van der Waals surface area contributed by atoms with Gasteiger partial charge in [0.05, 0.1) is 15.6 Å². The number of benzene rings is 3. The summed E-state index contributed by atoms with van der Waals surface area (Å²) in [6.07, 6.45) is 0. The van der Waals surface area contributed by atoms with Crippen molar-refractivity contribution in [3.05, 3.63) is 99.9 Å². The predicted octanol–water partition coefficient (Wildman–Crippen LogP) is 3.96. The number of nitro benzene ring substituents is 1. The lowest BCUT2D eigenvalue weighted by Crippen LogP contribution is -2.12. The van der Waals surface area contributed by atoms with Gasteiger partial charge in [0, 0.05) is 17.3 Å². The lowest BCUT2D eigenvalue weighted by Gasteiger charge is -2.07. The first kappa shape index (κ1) is 20.2. The van der Waals surface area contributed by atoms with Crippen LogP contribution in [0.25, 0.3) is 0 Å². The smallest absolute Gasteiger partial charge is 0.306 e. The zero-order valence-electron chi connectivity index (χ0n) is 14.9. The number of halogens is 1. The van der Waals surface area contributed by atoms with Crippen LogP contribution in [-0.4, -0.2) is 19.2 Å². The molecular formula is C20H15FN2O5S. The molecule has 0 aromatic heterocycles. The fraction of sp³-hybridized carbons (Fsp3) is 0.0500. The molecule has 7 nitrogen and oxygen atoms in total. The molecule has 0 radical (unpaired) electrons. The molecule has 0 atom stereocenters. The van der Waals surface area contributed by atoms with Gasteiger partial charge in [0.25, 0.3) is 5.91 Å². The summed E-state index contributed by atoms with van der Waals surface area (Å²) in [6.45, 7) is 0. The van der Waals surface area contributed by atoms with Crippen LogP contribution in [0.5, 0.6) is 0 Å². The van der Waals surface area contributed by atoms with E-state index in [1.54, 1.807) is 18.2 Å². The van der Waals surface area contributed by atoms with Crippen molar-refractivity contribution in [2.24, 2.45) is 0 Å². The van der Waals surface area contributed by atoms with Gasteiger partial charge in [0.1, 0.15) is 0 Å². The zero-order valence-corrected chi connectivity index (χ0v) is 15.7. The third-order valence-corrected chi connectivity index (χ3v) is 5.78. The summed E-state index contributed by atoms with van der Waals surface area (Å²) in [7, 11) is -3.51. The molecular weight excluding hydrogens is 399 g/mol. The monoisotopic (exact) mass is 414 g/mol. The van der Waals surface area contributed by atoms with E-state index >= 15 is 0 Å². The van der Waals surface area contributed by atoms with E-state index in [-0.39, 0.29) is 21.9 Å². The summed E-state index contributed by atoms with van der Waals surface area (Å²) in [6, 6.07) is 17.0. The predicted molar refractivity (Wildman–Crippen MR) is 105 cm³/mol. The first-order valence-electron chi connectivity index (χ1n) is 8.38. The summed E-state index contributed by atoms with van der Waals surface area (Å²) in [5, 5.41) is 13.2. The number of rotatable bonds is 6. The number of amides is 1. The van der Waals surface area contributed by atoms with Crippen LogP contribution in [0.15, 0.2) is 77.7 Å². The first-order chi connectivity index (χ1) is 13.8. The van der Waals surface area contributed by atoms with Crippen LogP contribution in [-0.2, 0) is 15.6 Å². The molecule has 0 spiro atoms. The van der Waals surface area contributed by atoms with Crippen molar-refractivity contribution in [2.45, 2.75) is 10.6 Å². The van der Waals surface area contributed by atoms with Gasteiger partial charge >= 0.3 is 5.69 Å². The Hall–Kier alpha value is -3.59. The van der Waals surface area contributed by atoms with Gasteiger partial charge in [0.15, 0.2) is 9.84 Å². The van der Waals surface area contributed by atoms with E-state index < -0.39 is 32.2 Å². The van der Waals surface area contributed by atoms with E-state index in [9.17, 15) is 27.7 Å². The fourth-order valence-corrected chi connectivity index (χ4v) is 3.99. The highest BCUT2D eigenvalue weighted by Crippen LogP contribution is 2.22. The Balaban J connectivity index is 1.72. The molecule has 3 rings (SSSR count). The number of sulfone groups is 1. The standard InChI is InChI=1S/C20H15FN2O5S/c21-18-11-10-16(12-19(18)23(25)26)22-20(24)15-8-6-14(7-9-15)13-29(27,28)17-4-2-1-3-5-17/h1-12H,13H2,(H,22,24). The molecule has 29 heavy (non-hydrogen) atoms. The second kappa shape index (κ2) is 8.19. The van der Waals surface area contributed by atoms with Gasteiger partial charge in [-0.2, -0.15) is 4.39 Å². The normalized spacial score (nSPS) is 11.1. The Morgan fingerprint density at radius 3 is 2.28 bits per heavy atom. The summed E-state index contributed by atoms with van der Waals surface area (Å²) >= 11 is 0. The maximum Gasteiger partial charge on any atom is 0.306 e. The number of hydrogen-bond donors (Lipinski definition) is 1. The molecule has 3 aromatic rings. The minimum absolute atomic E-state index is 0.0684. The average molecular weight is 414 g/mol. The number of carbonyl (C=O) groups is 1. The van der Waals surface area contributed by atoms with Crippen LogP contribution < -0.4 is 5.32 Å². The second-order valence-corrected chi connectivity index (χ2v) is 8.14. The Kier molecular flexibility index (Phi) is 5.69. The molecule has 0 heterocycles. The van der Waals surface area contributed by atoms with Gasteiger partial charge in [0.2, 0.25) is 5.82 Å². The zero-order chi connectivity index (χ0) is 21.0. The molecule has 0 aliphatic heterocycles. The van der Waals surface area contributed by atoms with Crippen molar-refractivity contribution in [3.63, 3.8) is 0 Å². The summed E-state index contributed by atoms with van der Waals surface area (Å²) in [4.78, 5) is 22.4. The number of nitro groups is 1. The van der Waals surface area contributed by atoms with Crippen molar-refractivity contribution in [1.29, 1.82) is 0 Å². The number of anilines is 1. The van der Waals surface area contributed by atoms with Crippen LogP contribution >= 0.6 is 0 Å². The Bertz CT molecular complexity index is 1160. The number of carbonyl (C=O) groups excluding carboxylic acids is 1. The largest absolute Gasteiger partial charge is 0.322 e. The molecule has 1 N–H and O–H groups in total. The Morgan fingerprint density at radius 2 is 1.66 bits per heavy atom. The minimum atomic E-state index is -3.51. The summed E-state index contributed by atoms with van der Waals surface area (Å²) in [5.74, 6) is -1.79. The fourth-order valence-electron chi connectivity index (χ4n) is 2.62. The number of hydrogen-bond acceptors (Lipinski definition) is 5.